The van der Waals surface area contributed by atoms with Gasteiger partial charge in [-0.2, -0.15) is 0 Å². The maximum atomic E-state index is 8.88. The number of hydrogen-bond acceptors (Lipinski definition) is 4. The molecule has 1 N–H and O–H groups in total. The largest absolute Gasteiger partial charge is 0.396 e. The normalized spacial score (nSPS) is 19.8. The van der Waals surface area contributed by atoms with Gasteiger partial charge in [0.15, 0.2) is 5.13 Å². The Balaban J connectivity index is 1.72. The number of anilines is 1. The summed E-state index contributed by atoms with van der Waals surface area (Å²) in [5.41, 5.74) is 1.11. The van der Waals surface area contributed by atoms with Crippen LogP contribution in [0, 0.1) is 5.92 Å². The summed E-state index contributed by atoms with van der Waals surface area (Å²) in [5.74, 6) is 0.726. The molecule has 1 aromatic heterocycles. The van der Waals surface area contributed by atoms with Crippen LogP contribution in [0.2, 0.25) is 0 Å². The maximum Gasteiger partial charge on any atom is 0.186 e. The van der Waals surface area contributed by atoms with Gasteiger partial charge in [-0.05, 0) is 37.3 Å². The highest BCUT2D eigenvalue weighted by Crippen LogP contribution is 2.32. The van der Waals surface area contributed by atoms with Gasteiger partial charge >= 0.3 is 0 Å². The number of para-hydroxylation sites is 1. The molecule has 2 heterocycles. The van der Waals surface area contributed by atoms with Gasteiger partial charge in [0, 0.05) is 19.7 Å². The lowest BCUT2D eigenvalue weighted by Gasteiger charge is -2.14. The van der Waals surface area contributed by atoms with Crippen molar-refractivity contribution < 1.29 is 5.11 Å². The van der Waals surface area contributed by atoms with Gasteiger partial charge in [-0.3, -0.25) is 0 Å². The van der Waals surface area contributed by atoms with E-state index >= 15 is 0 Å². The molecule has 1 atom stereocenters. The first-order valence-corrected chi connectivity index (χ1v) is 7.40. The number of nitrogens with zero attached hydrogens (tertiary/aromatic N) is 2. The Bertz CT molecular complexity index is 492. The highest BCUT2D eigenvalue weighted by atomic mass is 32.1. The Hall–Kier alpha value is -1.13. The molecule has 18 heavy (non-hydrogen) atoms. The molecular formula is C14H18N2OS. The Morgan fingerprint density at radius 1 is 1.39 bits per heavy atom. The van der Waals surface area contributed by atoms with E-state index < -0.39 is 0 Å². The van der Waals surface area contributed by atoms with Crippen LogP contribution in [0.5, 0.6) is 0 Å². The van der Waals surface area contributed by atoms with E-state index in [1.807, 2.05) is 6.07 Å². The molecule has 0 bridgehead atoms. The minimum Gasteiger partial charge on any atom is -0.396 e. The second-order valence-corrected chi connectivity index (χ2v) is 5.94. The molecule has 1 aliphatic rings. The quantitative estimate of drug-likeness (QED) is 0.920. The van der Waals surface area contributed by atoms with E-state index in [0.717, 1.165) is 42.5 Å². The molecule has 0 spiro atoms. The van der Waals surface area contributed by atoms with Crippen molar-refractivity contribution in [3.8, 4) is 0 Å². The van der Waals surface area contributed by atoms with Gasteiger partial charge < -0.3 is 10.0 Å². The molecule has 2 aromatic rings. The molecule has 1 saturated heterocycles. The van der Waals surface area contributed by atoms with Gasteiger partial charge in [-0.15, -0.1) is 0 Å². The summed E-state index contributed by atoms with van der Waals surface area (Å²) in [7, 11) is 0. The van der Waals surface area contributed by atoms with Crippen molar-refractivity contribution in [2.75, 3.05) is 24.6 Å². The smallest absolute Gasteiger partial charge is 0.186 e. The molecule has 1 aliphatic heterocycles. The third-order valence-corrected chi connectivity index (χ3v) is 4.71. The summed E-state index contributed by atoms with van der Waals surface area (Å²) in [6, 6.07) is 8.32. The topological polar surface area (TPSA) is 36.4 Å². The molecule has 0 amide bonds. The lowest BCUT2D eigenvalue weighted by Crippen LogP contribution is -2.19. The van der Waals surface area contributed by atoms with Gasteiger partial charge in [0.25, 0.3) is 0 Å². The van der Waals surface area contributed by atoms with E-state index in [1.165, 1.54) is 11.1 Å². The average molecular weight is 262 g/mol. The van der Waals surface area contributed by atoms with Gasteiger partial charge in [-0.1, -0.05) is 23.5 Å². The summed E-state index contributed by atoms with van der Waals surface area (Å²) in [6.07, 6.45) is 3.30. The van der Waals surface area contributed by atoms with Gasteiger partial charge in [0.2, 0.25) is 0 Å². The van der Waals surface area contributed by atoms with E-state index in [4.69, 9.17) is 10.1 Å². The lowest BCUT2D eigenvalue weighted by molar-refractivity contribution is 0.274. The van der Waals surface area contributed by atoms with E-state index in [1.54, 1.807) is 11.3 Å². The number of thiazole rings is 1. The molecule has 0 aliphatic carbocycles. The summed E-state index contributed by atoms with van der Waals surface area (Å²) in [5, 5.41) is 10.0. The van der Waals surface area contributed by atoms with E-state index in [2.05, 4.69) is 23.1 Å². The van der Waals surface area contributed by atoms with Crippen LogP contribution in [0.25, 0.3) is 10.2 Å². The molecule has 96 valence electrons. The standard InChI is InChI=1S/C14H18N2OS/c17-9-3-4-11-7-8-16(10-11)14-15-12-5-1-2-6-13(12)18-14/h1-2,5-6,11,17H,3-4,7-10H2. The van der Waals surface area contributed by atoms with Crippen LogP contribution in [0.3, 0.4) is 0 Å². The van der Waals surface area contributed by atoms with Crippen LogP contribution in [-0.4, -0.2) is 29.8 Å². The number of rotatable bonds is 4. The molecule has 3 rings (SSSR count). The maximum absolute atomic E-state index is 8.88. The minimum absolute atomic E-state index is 0.317. The fourth-order valence-electron chi connectivity index (χ4n) is 2.62. The van der Waals surface area contributed by atoms with Crippen molar-refractivity contribution in [2.45, 2.75) is 19.3 Å². The van der Waals surface area contributed by atoms with Crippen LogP contribution in [0.4, 0.5) is 5.13 Å². The Labute approximate surface area is 111 Å². The van der Waals surface area contributed by atoms with Crippen LogP contribution >= 0.6 is 11.3 Å². The fraction of sp³-hybridized carbons (Fsp3) is 0.500. The molecule has 4 heteroatoms. The van der Waals surface area contributed by atoms with Crippen molar-refractivity contribution in [1.82, 2.24) is 4.98 Å². The van der Waals surface area contributed by atoms with Crippen LogP contribution in [0.15, 0.2) is 24.3 Å². The summed E-state index contributed by atoms with van der Waals surface area (Å²) >= 11 is 1.79. The third kappa shape index (κ3) is 2.35. The summed E-state index contributed by atoms with van der Waals surface area (Å²) < 4.78 is 1.27. The SMILES string of the molecule is OCCCC1CCN(c2nc3ccccc3s2)C1. The van der Waals surface area contributed by atoms with Crippen molar-refractivity contribution in [1.29, 1.82) is 0 Å². The zero-order chi connectivity index (χ0) is 12.4. The predicted molar refractivity (Wildman–Crippen MR) is 76.3 cm³/mol. The highest BCUT2D eigenvalue weighted by molar-refractivity contribution is 7.22. The highest BCUT2D eigenvalue weighted by Gasteiger charge is 2.24. The first-order chi connectivity index (χ1) is 8.86. The van der Waals surface area contributed by atoms with Crippen LogP contribution in [0.1, 0.15) is 19.3 Å². The lowest BCUT2D eigenvalue weighted by atomic mass is 10.0. The second kappa shape index (κ2) is 5.24. The zero-order valence-electron chi connectivity index (χ0n) is 10.4. The van der Waals surface area contributed by atoms with E-state index in [-0.39, 0.29) is 0 Å². The minimum atomic E-state index is 0.317. The molecule has 1 unspecified atom stereocenters. The Kier molecular flexibility index (Phi) is 3.48. The van der Waals surface area contributed by atoms with Crippen molar-refractivity contribution in [2.24, 2.45) is 5.92 Å². The van der Waals surface area contributed by atoms with Gasteiger partial charge in [0.1, 0.15) is 0 Å². The Morgan fingerprint density at radius 3 is 3.11 bits per heavy atom. The number of benzene rings is 1. The number of fused-ring (bicyclic) bond motifs is 1. The summed E-state index contributed by atoms with van der Waals surface area (Å²) in [6.45, 7) is 2.52. The van der Waals surface area contributed by atoms with E-state index in [0.29, 0.717) is 6.61 Å². The second-order valence-electron chi connectivity index (χ2n) is 4.93. The molecule has 1 aromatic carbocycles. The van der Waals surface area contributed by atoms with Crippen molar-refractivity contribution in [3.05, 3.63) is 24.3 Å². The first kappa shape index (κ1) is 11.9. The van der Waals surface area contributed by atoms with E-state index in [9.17, 15) is 0 Å². The first-order valence-electron chi connectivity index (χ1n) is 6.58. The predicted octanol–water partition coefficient (Wildman–Crippen LogP) is 2.90. The number of aliphatic hydroxyl groups excluding tert-OH is 1. The summed E-state index contributed by atoms with van der Waals surface area (Å²) in [4.78, 5) is 7.10. The molecular weight excluding hydrogens is 244 g/mol. The zero-order valence-corrected chi connectivity index (χ0v) is 11.2. The third-order valence-electron chi connectivity index (χ3n) is 3.61. The monoisotopic (exact) mass is 262 g/mol. The van der Waals surface area contributed by atoms with Crippen molar-refractivity contribution in [3.63, 3.8) is 0 Å². The molecule has 0 saturated carbocycles. The Morgan fingerprint density at radius 2 is 2.28 bits per heavy atom. The van der Waals surface area contributed by atoms with Crippen LogP contribution < -0.4 is 4.90 Å². The average Bonchev–Trinajstić information content (AvgIpc) is 3.02. The van der Waals surface area contributed by atoms with Gasteiger partial charge in [-0.25, -0.2) is 4.98 Å². The van der Waals surface area contributed by atoms with Gasteiger partial charge in [0.05, 0.1) is 10.2 Å². The number of aromatic nitrogens is 1. The fourth-order valence-corrected chi connectivity index (χ4v) is 3.62. The molecule has 0 radical (unpaired) electrons. The molecule has 3 nitrogen and oxygen atoms in total. The molecule has 1 fully saturated rings. The van der Waals surface area contributed by atoms with Crippen LogP contribution in [-0.2, 0) is 0 Å². The number of aliphatic hydroxyl groups is 1. The van der Waals surface area contributed by atoms with Crippen molar-refractivity contribution >= 4 is 26.7 Å². The number of hydrogen-bond donors (Lipinski definition) is 1.